The second-order valence-electron chi connectivity index (χ2n) is 5.36. The van der Waals surface area contributed by atoms with E-state index in [-0.39, 0.29) is 23.9 Å². The van der Waals surface area contributed by atoms with Crippen molar-refractivity contribution in [3.05, 3.63) is 35.4 Å². The number of rotatable bonds is 3. The Bertz CT molecular complexity index is 430. The molecule has 1 aromatic rings. The lowest BCUT2D eigenvalue weighted by atomic mass is 10.0. The van der Waals surface area contributed by atoms with Crippen molar-refractivity contribution in [2.45, 2.75) is 45.2 Å². The van der Waals surface area contributed by atoms with Gasteiger partial charge < -0.3 is 11.1 Å². The minimum absolute atomic E-state index is 0.0653. The van der Waals surface area contributed by atoms with Gasteiger partial charge in [-0.05, 0) is 44.2 Å². The van der Waals surface area contributed by atoms with Crippen molar-refractivity contribution in [3.63, 3.8) is 0 Å². The monoisotopic (exact) mass is 246 g/mol. The van der Waals surface area contributed by atoms with Gasteiger partial charge in [0.05, 0.1) is 6.04 Å². The number of hydrogen-bond donors (Lipinski definition) is 2. The van der Waals surface area contributed by atoms with Gasteiger partial charge in [-0.25, -0.2) is 0 Å². The lowest BCUT2D eigenvalue weighted by molar-refractivity contribution is -0.125. The largest absolute Gasteiger partial charge is 0.349 e. The Balaban J connectivity index is 1.97. The summed E-state index contributed by atoms with van der Waals surface area (Å²) >= 11 is 0. The molecule has 0 radical (unpaired) electrons. The van der Waals surface area contributed by atoms with Gasteiger partial charge in [-0.15, -0.1) is 0 Å². The number of aryl methyl sites for hydroxylation is 1. The maximum Gasteiger partial charge on any atom is 0.223 e. The lowest BCUT2D eigenvalue weighted by Crippen LogP contribution is -2.32. The molecule has 0 spiro atoms. The van der Waals surface area contributed by atoms with E-state index in [0.29, 0.717) is 0 Å². The molecule has 1 aromatic carbocycles. The molecule has 1 aliphatic carbocycles. The Morgan fingerprint density at radius 2 is 2.11 bits per heavy atom. The standard InChI is InChI=1S/C15H22N2O/c1-10-5-3-4-6-14(10)11(2)17-15(18)12-7-8-13(16)9-12/h3-6,11-13H,7-9,16H2,1-2H3,(H,17,18). The molecule has 3 nitrogen and oxygen atoms in total. The molecule has 0 saturated heterocycles. The van der Waals surface area contributed by atoms with Gasteiger partial charge in [-0.1, -0.05) is 24.3 Å². The van der Waals surface area contributed by atoms with Gasteiger partial charge >= 0.3 is 0 Å². The molecule has 18 heavy (non-hydrogen) atoms. The number of nitrogens with two attached hydrogens (primary N) is 1. The van der Waals surface area contributed by atoms with Crippen LogP contribution >= 0.6 is 0 Å². The van der Waals surface area contributed by atoms with Crippen LogP contribution in [-0.4, -0.2) is 11.9 Å². The Hall–Kier alpha value is -1.35. The normalized spacial score (nSPS) is 24.8. The first-order chi connectivity index (χ1) is 8.58. The zero-order valence-corrected chi connectivity index (χ0v) is 11.1. The quantitative estimate of drug-likeness (QED) is 0.859. The molecule has 1 amide bonds. The fourth-order valence-electron chi connectivity index (χ4n) is 2.74. The van der Waals surface area contributed by atoms with Gasteiger partial charge in [0.2, 0.25) is 5.91 Å². The maximum absolute atomic E-state index is 12.1. The summed E-state index contributed by atoms with van der Waals surface area (Å²) in [6, 6.07) is 8.44. The van der Waals surface area contributed by atoms with Gasteiger partial charge in [0.15, 0.2) is 0 Å². The van der Waals surface area contributed by atoms with Crippen molar-refractivity contribution in [3.8, 4) is 0 Å². The molecule has 3 atom stereocenters. The number of carbonyl (C=O) groups is 1. The van der Waals surface area contributed by atoms with E-state index in [1.54, 1.807) is 0 Å². The first-order valence-corrected chi connectivity index (χ1v) is 6.69. The van der Waals surface area contributed by atoms with E-state index in [1.165, 1.54) is 11.1 Å². The number of amides is 1. The molecule has 0 aliphatic heterocycles. The summed E-state index contributed by atoms with van der Waals surface area (Å²) in [5, 5.41) is 3.10. The van der Waals surface area contributed by atoms with E-state index in [2.05, 4.69) is 24.4 Å². The van der Waals surface area contributed by atoms with Crippen molar-refractivity contribution in [1.29, 1.82) is 0 Å². The summed E-state index contributed by atoms with van der Waals surface area (Å²) in [7, 11) is 0. The predicted octanol–water partition coefficient (Wildman–Crippen LogP) is 2.30. The van der Waals surface area contributed by atoms with Gasteiger partial charge in [0, 0.05) is 12.0 Å². The van der Waals surface area contributed by atoms with Crippen LogP contribution in [0.3, 0.4) is 0 Å². The lowest BCUT2D eigenvalue weighted by Gasteiger charge is -2.19. The molecule has 2 rings (SSSR count). The molecule has 3 heteroatoms. The first-order valence-electron chi connectivity index (χ1n) is 6.69. The Labute approximate surface area is 109 Å². The summed E-state index contributed by atoms with van der Waals surface area (Å²) in [4.78, 5) is 12.1. The molecular weight excluding hydrogens is 224 g/mol. The summed E-state index contributed by atoms with van der Waals surface area (Å²) < 4.78 is 0. The minimum Gasteiger partial charge on any atom is -0.349 e. The Morgan fingerprint density at radius 1 is 1.39 bits per heavy atom. The van der Waals surface area contributed by atoms with Crippen molar-refractivity contribution in [2.75, 3.05) is 0 Å². The van der Waals surface area contributed by atoms with E-state index in [1.807, 2.05) is 19.1 Å². The topological polar surface area (TPSA) is 55.1 Å². The fraction of sp³-hybridized carbons (Fsp3) is 0.533. The van der Waals surface area contributed by atoms with Crippen LogP contribution in [0.1, 0.15) is 43.4 Å². The number of carbonyl (C=O) groups excluding carboxylic acids is 1. The average molecular weight is 246 g/mol. The van der Waals surface area contributed by atoms with Crippen molar-refractivity contribution < 1.29 is 4.79 Å². The number of benzene rings is 1. The molecule has 3 unspecified atom stereocenters. The van der Waals surface area contributed by atoms with Crippen LogP contribution in [0.5, 0.6) is 0 Å². The summed E-state index contributed by atoms with van der Waals surface area (Å²) in [5.74, 6) is 0.255. The second kappa shape index (κ2) is 5.53. The predicted molar refractivity (Wildman–Crippen MR) is 73.1 cm³/mol. The highest BCUT2D eigenvalue weighted by Gasteiger charge is 2.28. The van der Waals surface area contributed by atoms with Gasteiger partial charge in [-0.3, -0.25) is 4.79 Å². The zero-order chi connectivity index (χ0) is 13.1. The Morgan fingerprint density at radius 3 is 2.72 bits per heavy atom. The highest BCUT2D eigenvalue weighted by atomic mass is 16.1. The molecule has 0 bridgehead atoms. The van der Waals surface area contributed by atoms with Crippen molar-refractivity contribution >= 4 is 5.91 Å². The third-order valence-corrected chi connectivity index (χ3v) is 3.86. The van der Waals surface area contributed by atoms with E-state index in [0.717, 1.165) is 19.3 Å². The smallest absolute Gasteiger partial charge is 0.223 e. The summed E-state index contributed by atoms with van der Waals surface area (Å²) in [5.41, 5.74) is 8.25. The molecule has 3 N–H and O–H groups in total. The zero-order valence-electron chi connectivity index (χ0n) is 11.1. The van der Waals surface area contributed by atoms with Crippen LogP contribution < -0.4 is 11.1 Å². The van der Waals surface area contributed by atoms with Gasteiger partial charge in [0.25, 0.3) is 0 Å². The van der Waals surface area contributed by atoms with Crippen molar-refractivity contribution in [2.24, 2.45) is 11.7 Å². The molecular formula is C15H22N2O. The van der Waals surface area contributed by atoms with Crippen LogP contribution in [0.25, 0.3) is 0 Å². The number of nitrogens with one attached hydrogen (secondary N) is 1. The summed E-state index contributed by atoms with van der Waals surface area (Å²) in [6.07, 6.45) is 2.72. The highest BCUT2D eigenvalue weighted by Crippen LogP contribution is 2.25. The molecule has 0 aromatic heterocycles. The first kappa shape index (κ1) is 13.1. The minimum atomic E-state index is 0.0653. The molecule has 1 saturated carbocycles. The van der Waals surface area contributed by atoms with E-state index < -0.39 is 0 Å². The van der Waals surface area contributed by atoms with Crippen LogP contribution in [0.4, 0.5) is 0 Å². The summed E-state index contributed by atoms with van der Waals surface area (Å²) in [6.45, 7) is 4.11. The highest BCUT2D eigenvalue weighted by molar-refractivity contribution is 5.79. The van der Waals surface area contributed by atoms with E-state index >= 15 is 0 Å². The third-order valence-electron chi connectivity index (χ3n) is 3.86. The van der Waals surface area contributed by atoms with Gasteiger partial charge in [-0.2, -0.15) is 0 Å². The number of hydrogen-bond acceptors (Lipinski definition) is 2. The van der Waals surface area contributed by atoms with Crippen molar-refractivity contribution in [1.82, 2.24) is 5.32 Å². The maximum atomic E-state index is 12.1. The fourth-order valence-corrected chi connectivity index (χ4v) is 2.74. The van der Waals surface area contributed by atoms with Crippen LogP contribution in [0.2, 0.25) is 0 Å². The second-order valence-corrected chi connectivity index (χ2v) is 5.36. The molecule has 1 fully saturated rings. The third kappa shape index (κ3) is 2.91. The average Bonchev–Trinajstić information content (AvgIpc) is 2.76. The van der Waals surface area contributed by atoms with Crippen LogP contribution in [0.15, 0.2) is 24.3 Å². The molecule has 0 heterocycles. The van der Waals surface area contributed by atoms with Crippen LogP contribution in [0, 0.1) is 12.8 Å². The Kier molecular flexibility index (Phi) is 4.02. The molecule has 98 valence electrons. The van der Waals surface area contributed by atoms with Gasteiger partial charge in [0.1, 0.15) is 0 Å². The molecule has 1 aliphatic rings. The SMILES string of the molecule is Cc1ccccc1C(C)NC(=O)C1CCC(N)C1. The van der Waals surface area contributed by atoms with Crippen LogP contribution in [-0.2, 0) is 4.79 Å². The van der Waals surface area contributed by atoms with E-state index in [4.69, 9.17) is 5.73 Å². The van der Waals surface area contributed by atoms with E-state index in [9.17, 15) is 4.79 Å².